The molecule has 3 rings (SSSR count). The van der Waals surface area contributed by atoms with Crippen LogP contribution in [0.15, 0.2) is 39.9 Å². The van der Waals surface area contributed by atoms with Gasteiger partial charge in [-0.3, -0.25) is 4.72 Å². The van der Waals surface area contributed by atoms with Crippen molar-refractivity contribution in [3.63, 3.8) is 0 Å². The van der Waals surface area contributed by atoms with Gasteiger partial charge in [-0.2, -0.15) is 21.6 Å². The fourth-order valence-corrected chi connectivity index (χ4v) is 5.48. The molecule has 0 aliphatic heterocycles. The normalized spacial score (nSPS) is 12.1. The molecule has 2 aromatic heterocycles. The monoisotopic (exact) mass is 480 g/mol. The Morgan fingerprint density at radius 1 is 1.24 bits per heavy atom. The average molecular weight is 481 g/mol. The molecule has 13 heteroatoms. The van der Waals surface area contributed by atoms with Gasteiger partial charge < -0.3 is 5.11 Å². The summed E-state index contributed by atoms with van der Waals surface area (Å²) < 4.78 is 61.9. The molecule has 6 nitrogen and oxygen atoms in total. The van der Waals surface area contributed by atoms with E-state index in [1.165, 1.54) is 52.1 Å². The number of anilines is 1. The first kappa shape index (κ1) is 21.6. The number of nitrogens with zero attached hydrogens (tertiary/aromatic N) is 1. The minimum absolute atomic E-state index is 0.197. The van der Waals surface area contributed by atoms with Gasteiger partial charge in [0.15, 0.2) is 0 Å². The lowest BCUT2D eigenvalue weighted by atomic mass is 10.1. The topological polar surface area (TPSA) is 96.4 Å². The quantitative estimate of drug-likeness (QED) is 0.470. The highest BCUT2D eigenvalue weighted by Gasteiger charge is 2.46. The number of hydrogen-bond acceptors (Lipinski definition) is 7. The van der Waals surface area contributed by atoms with Crippen molar-refractivity contribution in [2.75, 3.05) is 11.0 Å². The molecule has 0 aliphatic rings. The summed E-state index contributed by atoms with van der Waals surface area (Å²) >= 11 is 3.86. The van der Waals surface area contributed by atoms with Gasteiger partial charge in [0.05, 0.1) is 9.90 Å². The number of thiazole rings is 1. The van der Waals surface area contributed by atoms with Gasteiger partial charge >= 0.3 is 21.5 Å². The maximum absolute atomic E-state index is 12.4. The van der Waals surface area contributed by atoms with Gasteiger partial charge in [0.1, 0.15) is 9.88 Å². The van der Waals surface area contributed by atoms with Crippen molar-refractivity contribution in [1.82, 2.24) is 4.98 Å². The number of hydrogen-bond donors (Lipinski definition) is 2. The van der Waals surface area contributed by atoms with Gasteiger partial charge in [-0.15, -0.1) is 34.4 Å². The number of carbonyl (C=O) groups is 1. The standard InChI is InChI=1S/C16H11F3N2O4S4/c1-26-15-10(6-12(28-15)14(22)23)13-20-11(7-27-13)8-2-4-9(5-3-8)21-29(24,25)16(17,18)19/h2-7,21H,1H3,(H,22,23). The van der Waals surface area contributed by atoms with Crippen LogP contribution in [0.2, 0.25) is 0 Å². The average Bonchev–Trinajstić information content (AvgIpc) is 3.28. The number of carboxylic acid groups (broad SMARTS) is 1. The number of sulfonamides is 1. The number of thioether (sulfide) groups is 1. The molecule has 2 N–H and O–H groups in total. The van der Waals surface area contributed by atoms with Crippen LogP contribution in [0.25, 0.3) is 21.8 Å². The Morgan fingerprint density at radius 3 is 2.45 bits per heavy atom. The van der Waals surface area contributed by atoms with Crippen LogP contribution in [0, 0.1) is 0 Å². The molecule has 1 aromatic carbocycles. The van der Waals surface area contributed by atoms with E-state index in [4.69, 9.17) is 0 Å². The molecule has 3 aromatic rings. The number of benzene rings is 1. The van der Waals surface area contributed by atoms with E-state index in [2.05, 4.69) is 4.98 Å². The number of alkyl halides is 3. The van der Waals surface area contributed by atoms with Crippen molar-refractivity contribution in [1.29, 1.82) is 0 Å². The summed E-state index contributed by atoms with van der Waals surface area (Å²) in [5.41, 5.74) is -3.83. The van der Waals surface area contributed by atoms with Gasteiger partial charge in [0.2, 0.25) is 0 Å². The third kappa shape index (κ3) is 4.57. The number of rotatable bonds is 6. The number of thiophene rings is 1. The van der Waals surface area contributed by atoms with E-state index >= 15 is 0 Å². The molecule has 0 aliphatic carbocycles. The molecular formula is C16H11F3N2O4S4. The summed E-state index contributed by atoms with van der Waals surface area (Å²) in [4.78, 5) is 15.9. The molecule has 0 saturated carbocycles. The number of aromatic carboxylic acids is 1. The highest BCUT2D eigenvalue weighted by molar-refractivity contribution is 8.00. The second-order valence-corrected chi connectivity index (χ2v) is 10.1. The van der Waals surface area contributed by atoms with Crippen LogP contribution in [0.1, 0.15) is 9.67 Å². The Hall–Kier alpha value is -2.09. The Morgan fingerprint density at radius 2 is 1.90 bits per heavy atom. The van der Waals surface area contributed by atoms with Gasteiger partial charge in [-0.1, -0.05) is 12.1 Å². The minimum atomic E-state index is -5.49. The molecule has 0 unspecified atom stereocenters. The van der Waals surface area contributed by atoms with Crippen LogP contribution in [0.3, 0.4) is 0 Å². The Balaban J connectivity index is 1.85. The maximum atomic E-state index is 12.4. The van der Waals surface area contributed by atoms with E-state index in [0.29, 0.717) is 21.8 Å². The largest absolute Gasteiger partial charge is 0.516 e. The maximum Gasteiger partial charge on any atom is 0.516 e. The molecular weight excluding hydrogens is 469 g/mol. The summed E-state index contributed by atoms with van der Waals surface area (Å²) in [5, 5.41) is 11.5. The lowest BCUT2D eigenvalue weighted by Crippen LogP contribution is -2.29. The molecule has 29 heavy (non-hydrogen) atoms. The van der Waals surface area contributed by atoms with Crippen LogP contribution in [-0.4, -0.2) is 36.2 Å². The predicted molar refractivity (Wildman–Crippen MR) is 108 cm³/mol. The van der Waals surface area contributed by atoms with E-state index < -0.39 is 21.5 Å². The third-order valence-electron chi connectivity index (χ3n) is 3.57. The lowest BCUT2D eigenvalue weighted by molar-refractivity contribution is -0.0429. The molecule has 154 valence electrons. The number of aromatic nitrogens is 1. The Kier molecular flexibility index (Phi) is 5.94. The molecule has 0 fully saturated rings. The van der Waals surface area contributed by atoms with Crippen LogP contribution >= 0.6 is 34.4 Å². The lowest BCUT2D eigenvalue weighted by Gasteiger charge is -2.10. The molecule has 0 bridgehead atoms. The Labute approximate surface area is 175 Å². The van der Waals surface area contributed by atoms with E-state index in [0.717, 1.165) is 15.5 Å². The minimum Gasteiger partial charge on any atom is -0.477 e. The summed E-state index contributed by atoms with van der Waals surface area (Å²) in [7, 11) is -5.49. The highest BCUT2D eigenvalue weighted by atomic mass is 32.2. The van der Waals surface area contributed by atoms with Crippen molar-refractivity contribution in [2.24, 2.45) is 0 Å². The number of halogens is 3. The number of nitrogens with one attached hydrogen (secondary N) is 1. The molecule has 0 saturated heterocycles. The zero-order valence-corrected chi connectivity index (χ0v) is 17.6. The van der Waals surface area contributed by atoms with E-state index in [1.807, 2.05) is 6.26 Å². The van der Waals surface area contributed by atoms with E-state index in [9.17, 15) is 31.5 Å². The summed E-state index contributed by atoms with van der Waals surface area (Å²) in [6.45, 7) is 0. The van der Waals surface area contributed by atoms with Gasteiger partial charge in [-0.25, -0.2) is 9.78 Å². The zero-order valence-electron chi connectivity index (χ0n) is 14.4. The SMILES string of the molecule is CSc1sc(C(=O)O)cc1-c1nc(-c2ccc(NS(=O)(=O)C(F)(F)F)cc2)cs1. The van der Waals surface area contributed by atoms with Crippen LogP contribution in [-0.2, 0) is 10.0 Å². The molecule has 0 spiro atoms. The first-order valence-corrected chi connectivity index (χ1v) is 12.0. The number of carboxylic acids is 1. The van der Waals surface area contributed by atoms with Crippen molar-refractivity contribution in [3.05, 3.63) is 40.6 Å². The predicted octanol–water partition coefficient (Wildman–Crippen LogP) is 5.22. The van der Waals surface area contributed by atoms with Gasteiger partial charge in [0.25, 0.3) is 0 Å². The summed E-state index contributed by atoms with van der Waals surface area (Å²) in [6, 6.07) is 6.85. The van der Waals surface area contributed by atoms with Crippen LogP contribution < -0.4 is 4.72 Å². The van der Waals surface area contributed by atoms with Crippen molar-refractivity contribution in [3.8, 4) is 21.8 Å². The van der Waals surface area contributed by atoms with E-state index in [1.54, 1.807) is 11.4 Å². The summed E-state index contributed by atoms with van der Waals surface area (Å²) in [6.07, 6.45) is 1.83. The third-order valence-corrected chi connectivity index (χ3v) is 7.81. The molecule has 2 heterocycles. The van der Waals surface area contributed by atoms with Gasteiger partial charge in [-0.05, 0) is 24.5 Å². The molecule has 0 atom stereocenters. The molecule has 0 amide bonds. The van der Waals surface area contributed by atoms with Crippen LogP contribution in [0.5, 0.6) is 0 Å². The highest BCUT2D eigenvalue weighted by Crippen LogP contribution is 2.40. The van der Waals surface area contributed by atoms with Gasteiger partial charge in [0, 0.05) is 22.2 Å². The summed E-state index contributed by atoms with van der Waals surface area (Å²) in [5.74, 6) is -1.02. The van der Waals surface area contributed by atoms with Crippen molar-refractivity contribution in [2.45, 2.75) is 9.72 Å². The van der Waals surface area contributed by atoms with Crippen LogP contribution in [0.4, 0.5) is 18.9 Å². The fourth-order valence-electron chi connectivity index (χ4n) is 2.23. The zero-order chi connectivity index (χ0) is 21.4. The Bertz CT molecular complexity index is 1150. The second kappa shape index (κ2) is 7.97. The first-order valence-electron chi connectivity index (χ1n) is 7.58. The second-order valence-electron chi connectivity index (χ2n) is 5.49. The fraction of sp³-hybridized carbons (Fsp3) is 0.125. The van der Waals surface area contributed by atoms with Crippen molar-refractivity contribution >= 4 is 56.1 Å². The smallest absolute Gasteiger partial charge is 0.477 e. The first-order chi connectivity index (χ1) is 13.5. The molecule has 0 radical (unpaired) electrons. The van der Waals surface area contributed by atoms with E-state index in [-0.39, 0.29) is 10.6 Å². The van der Waals surface area contributed by atoms with Crippen molar-refractivity contribution < 1.29 is 31.5 Å².